The number of hydrogen-bond acceptors (Lipinski definition) is 1. The van der Waals surface area contributed by atoms with Gasteiger partial charge in [0.2, 0.25) is 0 Å². The van der Waals surface area contributed by atoms with Crippen LogP contribution in [0.5, 0.6) is 0 Å². The molecule has 0 amide bonds. The topological polar surface area (TPSA) is 17.1 Å². The predicted octanol–water partition coefficient (Wildman–Crippen LogP) is 4.18. The summed E-state index contributed by atoms with van der Waals surface area (Å²) in [5, 5.41) is 0. The molecule has 1 heteroatoms. The first-order valence-electron chi connectivity index (χ1n) is 7.15. The van der Waals surface area contributed by atoms with Crippen molar-refractivity contribution in [2.24, 2.45) is 11.8 Å². The van der Waals surface area contributed by atoms with Gasteiger partial charge in [-0.05, 0) is 50.0 Å². The second-order valence-electron chi connectivity index (χ2n) is 5.54. The van der Waals surface area contributed by atoms with Crippen LogP contribution in [-0.2, 0) is 6.42 Å². The van der Waals surface area contributed by atoms with Gasteiger partial charge in [0, 0.05) is 11.5 Å². The van der Waals surface area contributed by atoms with E-state index in [0.717, 1.165) is 24.8 Å². The van der Waals surface area contributed by atoms with Crippen molar-refractivity contribution >= 4 is 5.78 Å². The molecule has 0 saturated carbocycles. The molecule has 0 heterocycles. The molecule has 0 saturated heterocycles. The molecule has 0 fully saturated rings. The van der Waals surface area contributed by atoms with Crippen molar-refractivity contribution in [1.82, 2.24) is 0 Å². The van der Waals surface area contributed by atoms with Crippen molar-refractivity contribution in [2.45, 2.75) is 38.5 Å². The maximum Gasteiger partial charge on any atom is 0.166 e. The van der Waals surface area contributed by atoms with E-state index in [1.807, 2.05) is 18.2 Å². The number of fused-ring (bicyclic) bond motifs is 1. The second kappa shape index (κ2) is 5.09. The molecular formula is C17H20O. The maximum atomic E-state index is 12.7. The van der Waals surface area contributed by atoms with Gasteiger partial charge < -0.3 is 0 Å². The van der Waals surface area contributed by atoms with Crippen LogP contribution < -0.4 is 0 Å². The summed E-state index contributed by atoms with van der Waals surface area (Å²) in [6.07, 6.45) is 11.4. The first-order valence-corrected chi connectivity index (χ1v) is 7.15. The first kappa shape index (κ1) is 11.7. The summed E-state index contributed by atoms with van der Waals surface area (Å²) in [5.74, 6) is 1.10. The van der Waals surface area contributed by atoms with Gasteiger partial charge in [0.1, 0.15) is 0 Å². The lowest BCUT2D eigenvalue weighted by atomic mass is 9.79. The fraction of sp³-hybridized carbons (Fsp3) is 0.471. The number of allylic oxidation sites excluding steroid dienone is 2. The van der Waals surface area contributed by atoms with Gasteiger partial charge in [0.15, 0.2) is 5.78 Å². The average molecular weight is 240 g/mol. The fourth-order valence-electron chi connectivity index (χ4n) is 3.40. The Morgan fingerprint density at radius 2 is 1.94 bits per heavy atom. The van der Waals surface area contributed by atoms with E-state index in [-0.39, 0.29) is 5.92 Å². The first-order chi connectivity index (χ1) is 8.86. The van der Waals surface area contributed by atoms with Gasteiger partial charge in [-0.1, -0.05) is 36.4 Å². The van der Waals surface area contributed by atoms with E-state index < -0.39 is 0 Å². The van der Waals surface area contributed by atoms with Gasteiger partial charge >= 0.3 is 0 Å². The van der Waals surface area contributed by atoms with E-state index in [2.05, 4.69) is 18.2 Å². The molecule has 2 aliphatic carbocycles. The summed E-state index contributed by atoms with van der Waals surface area (Å²) in [6.45, 7) is 0. The van der Waals surface area contributed by atoms with Crippen molar-refractivity contribution < 1.29 is 4.79 Å². The lowest BCUT2D eigenvalue weighted by Gasteiger charge is -2.24. The van der Waals surface area contributed by atoms with Crippen LogP contribution in [0.15, 0.2) is 36.4 Å². The Morgan fingerprint density at radius 3 is 2.78 bits per heavy atom. The molecule has 0 spiro atoms. The smallest absolute Gasteiger partial charge is 0.166 e. The molecule has 18 heavy (non-hydrogen) atoms. The molecule has 2 unspecified atom stereocenters. The number of carbonyl (C=O) groups is 1. The zero-order valence-corrected chi connectivity index (χ0v) is 10.8. The van der Waals surface area contributed by atoms with Gasteiger partial charge in [-0.3, -0.25) is 4.79 Å². The second-order valence-corrected chi connectivity index (χ2v) is 5.54. The largest absolute Gasteiger partial charge is 0.294 e. The molecule has 0 bridgehead atoms. The highest BCUT2D eigenvalue weighted by Gasteiger charge is 2.30. The molecule has 0 N–H and O–H groups in total. The van der Waals surface area contributed by atoms with Gasteiger partial charge in [0.25, 0.3) is 0 Å². The number of hydrogen-bond donors (Lipinski definition) is 0. The van der Waals surface area contributed by atoms with E-state index in [1.165, 1.54) is 24.8 Å². The Morgan fingerprint density at radius 1 is 1.06 bits per heavy atom. The zero-order valence-electron chi connectivity index (χ0n) is 10.8. The van der Waals surface area contributed by atoms with E-state index >= 15 is 0 Å². The minimum Gasteiger partial charge on any atom is -0.294 e. The number of benzene rings is 1. The Hall–Kier alpha value is -1.37. The standard InChI is InChI=1S/C17H20O/c18-17-15-11-5-4-9-14(15)10-6-12-16(17)13-7-2-1-3-8-13/h2,4-5,7,9,11,13,16H,1,3,6,8,10,12H2. The highest BCUT2D eigenvalue weighted by molar-refractivity contribution is 5.99. The molecule has 1 aromatic carbocycles. The Kier molecular flexibility index (Phi) is 3.31. The molecule has 1 aromatic rings. The van der Waals surface area contributed by atoms with E-state index in [9.17, 15) is 4.79 Å². The molecule has 1 nitrogen and oxygen atoms in total. The number of Topliss-reactive ketones (excluding diaryl/α,β-unsaturated/α-hetero) is 1. The van der Waals surface area contributed by atoms with Gasteiger partial charge in [-0.2, -0.15) is 0 Å². The Bertz CT molecular complexity index is 472. The summed E-state index contributed by atoms with van der Waals surface area (Å²) in [5.41, 5.74) is 2.24. The van der Waals surface area contributed by atoms with Crippen molar-refractivity contribution in [3.8, 4) is 0 Å². The van der Waals surface area contributed by atoms with Crippen LogP contribution in [0.2, 0.25) is 0 Å². The third kappa shape index (κ3) is 2.14. The van der Waals surface area contributed by atoms with Gasteiger partial charge in [-0.25, -0.2) is 0 Å². The molecule has 0 radical (unpaired) electrons. The average Bonchev–Trinajstić information content (AvgIpc) is 2.60. The third-order valence-electron chi connectivity index (χ3n) is 4.39. The van der Waals surface area contributed by atoms with Crippen LogP contribution >= 0.6 is 0 Å². The molecule has 2 aliphatic rings. The lowest BCUT2D eigenvalue weighted by molar-refractivity contribution is 0.0878. The maximum absolute atomic E-state index is 12.7. The monoisotopic (exact) mass is 240 g/mol. The SMILES string of the molecule is O=C1c2ccccc2CCCC1C1C=CCCC1. The molecule has 94 valence electrons. The molecule has 0 aromatic heterocycles. The van der Waals surface area contributed by atoms with Gasteiger partial charge in [0.05, 0.1) is 0 Å². The highest BCUT2D eigenvalue weighted by atomic mass is 16.1. The van der Waals surface area contributed by atoms with Crippen LogP contribution in [0.3, 0.4) is 0 Å². The van der Waals surface area contributed by atoms with Crippen molar-refractivity contribution in [3.05, 3.63) is 47.5 Å². The van der Waals surface area contributed by atoms with E-state index in [0.29, 0.717) is 11.7 Å². The van der Waals surface area contributed by atoms with Crippen LogP contribution in [0.4, 0.5) is 0 Å². The zero-order chi connectivity index (χ0) is 12.4. The number of carbonyl (C=O) groups excluding carboxylic acids is 1. The normalized spacial score (nSPS) is 27.7. The summed E-state index contributed by atoms with van der Waals surface area (Å²) in [6, 6.07) is 8.18. The van der Waals surface area contributed by atoms with Crippen LogP contribution in [0, 0.1) is 11.8 Å². The number of ketones is 1. The van der Waals surface area contributed by atoms with Crippen LogP contribution in [0.1, 0.15) is 48.0 Å². The minimum atomic E-state index is 0.227. The van der Waals surface area contributed by atoms with Crippen LogP contribution in [-0.4, -0.2) is 5.78 Å². The van der Waals surface area contributed by atoms with Crippen LogP contribution in [0.25, 0.3) is 0 Å². The molecule has 2 atom stereocenters. The molecule has 0 aliphatic heterocycles. The molecular weight excluding hydrogens is 220 g/mol. The summed E-state index contributed by atoms with van der Waals surface area (Å²) >= 11 is 0. The number of rotatable bonds is 1. The van der Waals surface area contributed by atoms with Crippen molar-refractivity contribution in [1.29, 1.82) is 0 Å². The molecule has 3 rings (SSSR count). The van der Waals surface area contributed by atoms with Crippen molar-refractivity contribution in [2.75, 3.05) is 0 Å². The van der Waals surface area contributed by atoms with Crippen molar-refractivity contribution in [3.63, 3.8) is 0 Å². The van der Waals surface area contributed by atoms with E-state index in [4.69, 9.17) is 0 Å². The van der Waals surface area contributed by atoms with E-state index in [1.54, 1.807) is 0 Å². The predicted molar refractivity (Wildman–Crippen MR) is 73.7 cm³/mol. The Balaban J connectivity index is 1.91. The third-order valence-corrected chi connectivity index (χ3v) is 4.39. The fourth-order valence-corrected chi connectivity index (χ4v) is 3.40. The Labute approximate surface area is 109 Å². The lowest BCUT2D eigenvalue weighted by Crippen LogP contribution is -2.23. The summed E-state index contributed by atoms with van der Waals surface area (Å²) in [7, 11) is 0. The quantitative estimate of drug-likeness (QED) is 0.531. The van der Waals surface area contributed by atoms with Gasteiger partial charge in [-0.15, -0.1) is 0 Å². The number of aryl methyl sites for hydroxylation is 1. The summed E-state index contributed by atoms with van der Waals surface area (Å²) < 4.78 is 0. The summed E-state index contributed by atoms with van der Waals surface area (Å²) in [4.78, 5) is 12.7. The highest BCUT2D eigenvalue weighted by Crippen LogP contribution is 2.34. The minimum absolute atomic E-state index is 0.227.